The highest BCUT2D eigenvalue weighted by molar-refractivity contribution is 5.95. The summed E-state index contributed by atoms with van der Waals surface area (Å²) in [5.41, 5.74) is 3.12. The van der Waals surface area contributed by atoms with Crippen LogP contribution in [0.15, 0.2) is 24.4 Å². The summed E-state index contributed by atoms with van der Waals surface area (Å²) >= 11 is 0. The first-order valence-electron chi connectivity index (χ1n) is 9.80. The summed E-state index contributed by atoms with van der Waals surface area (Å²) in [5.74, 6) is 0.572. The van der Waals surface area contributed by atoms with E-state index < -0.39 is 0 Å². The molecule has 2 aromatic rings. The van der Waals surface area contributed by atoms with Gasteiger partial charge in [0.1, 0.15) is 5.78 Å². The molecule has 4 nitrogen and oxygen atoms in total. The van der Waals surface area contributed by atoms with Crippen molar-refractivity contribution >= 4 is 22.7 Å². The summed E-state index contributed by atoms with van der Waals surface area (Å²) in [6, 6.07) is 5.91. The maximum Gasteiger partial charge on any atom is 0.337 e. The van der Waals surface area contributed by atoms with Gasteiger partial charge in [0.25, 0.3) is 0 Å². The lowest BCUT2D eigenvalue weighted by Gasteiger charge is -2.21. The summed E-state index contributed by atoms with van der Waals surface area (Å²) < 4.78 is 7.16. The fraction of sp³-hybridized carbons (Fsp3) is 0.545. The highest BCUT2D eigenvalue weighted by atomic mass is 16.5. The van der Waals surface area contributed by atoms with Gasteiger partial charge < -0.3 is 14.1 Å². The van der Waals surface area contributed by atoms with Crippen molar-refractivity contribution in [3.05, 3.63) is 35.5 Å². The summed E-state index contributed by atoms with van der Waals surface area (Å²) in [4.78, 5) is 23.1. The normalized spacial score (nSPS) is 15.3. The van der Waals surface area contributed by atoms with Crippen molar-refractivity contribution in [2.75, 3.05) is 7.11 Å². The topological polar surface area (TPSA) is 48.3 Å². The predicted molar refractivity (Wildman–Crippen MR) is 104 cm³/mol. The summed E-state index contributed by atoms with van der Waals surface area (Å²) in [5, 5.41) is 1.26. The number of aryl methyl sites for hydroxylation is 1. The molecule has 0 radical (unpaired) electrons. The quantitative estimate of drug-likeness (QED) is 0.504. The summed E-state index contributed by atoms with van der Waals surface area (Å²) in [6.45, 7) is 2.52. The van der Waals surface area contributed by atoms with Crippen molar-refractivity contribution in [2.24, 2.45) is 0 Å². The molecule has 1 aromatic carbocycles. The van der Waals surface area contributed by atoms with Crippen LogP contribution >= 0.6 is 0 Å². The first kappa shape index (κ1) is 18.7. The minimum absolute atomic E-state index is 0.248. The number of hydrogen-bond acceptors (Lipinski definition) is 3. The predicted octanol–water partition coefficient (Wildman–Crippen LogP) is 5.23. The Kier molecular flexibility index (Phi) is 6.12. The number of ether oxygens (including phenoxy) is 1. The fourth-order valence-electron chi connectivity index (χ4n) is 4.15. The second-order valence-electron chi connectivity index (χ2n) is 7.50. The van der Waals surface area contributed by atoms with Crippen LogP contribution in [0.25, 0.3) is 10.9 Å². The Morgan fingerprint density at radius 2 is 1.92 bits per heavy atom. The van der Waals surface area contributed by atoms with E-state index in [1.165, 1.54) is 50.2 Å². The van der Waals surface area contributed by atoms with Crippen LogP contribution in [0.5, 0.6) is 0 Å². The first-order valence-corrected chi connectivity index (χ1v) is 9.80. The number of hydrogen-bond donors (Lipinski definition) is 0. The van der Waals surface area contributed by atoms with Crippen LogP contribution < -0.4 is 0 Å². The van der Waals surface area contributed by atoms with Gasteiger partial charge in [-0.15, -0.1) is 0 Å². The third-order valence-corrected chi connectivity index (χ3v) is 5.56. The molecule has 1 aromatic heterocycles. The van der Waals surface area contributed by atoms with E-state index in [0.717, 1.165) is 24.9 Å². The van der Waals surface area contributed by atoms with Crippen molar-refractivity contribution in [3.8, 4) is 0 Å². The molecule has 140 valence electrons. The molecular weight excluding hydrogens is 326 g/mol. The van der Waals surface area contributed by atoms with Crippen molar-refractivity contribution in [3.63, 3.8) is 0 Å². The van der Waals surface area contributed by atoms with Crippen LogP contribution in [0.4, 0.5) is 0 Å². The Morgan fingerprint density at radius 1 is 1.15 bits per heavy atom. The third kappa shape index (κ3) is 4.17. The molecule has 0 amide bonds. The van der Waals surface area contributed by atoms with Crippen LogP contribution in [-0.2, 0) is 16.1 Å². The number of methoxy groups -OCH3 is 1. The van der Waals surface area contributed by atoms with E-state index in [1.54, 1.807) is 6.92 Å². The highest BCUT2D eigenvalue weighted by Gasteiger charge is 2.21. The molecule has 1 fully saturated rings. The summed E-state index contributed by atoms with van der Waals surface area (Å²) in [6.07, 6.45) is 11.3. The van der Waals surface area contributed by atoms with Crippen LogP contribution in [0.1, 0.15) is 80.1 Å². The molecule has 0 N–H and O–H groups in total. The van der Waals surface area contributed by atoms with E-state index in [2.05, 4.69) is 16.8 Å². The highest BCUT2D eigenvalue weighted by Crippen LogP contribution is 2.37. The largest absolute Gasteiger partial charge is 0.465 e. The zero-order valence-corrected chi connectivity index (χ0v) is 15.9. The van der Waals surface area contributed by atoms with Gasteiger partial charge in [-0.2, -0.15) is 0 Å². The van der Waals surface area contributed by atoms with Gasteiger partial charge in [0, 0.05) is 30.1 Å². The molecule has 0 spiro atoms. The lowest BCUT2D eigenvalue weighted by molar-refractivity contribution is -0.117. The lowest BCUT2D eigenvalue weighted by Crippen LogP contribution is -2.04. The maximum absolute atomic E-state index is 11.9. The van der Waals surface area contributed by atoms with Crippen molar-refractivity contribution < 1.29 is 14.3 Å². The minimum atomic E-state index is -0.296. The minimum Gasteiger partial charge on any atom is -0.465 e. The zero-order valence-electron chi connectivity index (χ0n) is 15.9. The van der Waals surface area contributed by atoms with Gasteiger partial charge in [0.05, 0.1) is 12.7 Å². The molecular formula is C22H29NO3. The second kappa shape index (κ2) is 8.52. The van der Waals surface area contributed by atoms with Crippen molar-refractivity contribution in [2.45, 2.75) is 70.8 Å². The van der Waals surface area contributed by atoms with Crippen LogP contribution in [0, 0.1) is 0 Å². The molecule has 3 rings (SSSR count). The number of benzene rings is 1. The van der Waals surface area contributed by atoms with Gasteiger partial charge in [-0.3, -0.25) is 0 Å². The molecule has 1 heterocycles. The number of rotatable bonds is 7. The van der Waals surface area contributed by atoms with Crippen LogP contribution in [-0.4, -0.2) is 23.4 Å². The van der Waals surface area contributed by atoms with E-state index in [9.17, 15) is 9.59 Å². The van der Waals surface area contributed by atoms with E-state index in [1.807, 2.05) is 12.1 Å². The smallest absolute Gasteiger partial charge is 0.337 e. The molecule has 1 aliphatic carbocycles. The van der Waals surface area contributed by atoms with Crippen molar-refractivity contribution in [1.29, 1.82) is 0 Å². The summed E-state index contributed by atoms with van der Waals surface area (Å²) in [7, 11) is 1.42. The van der Waals surface area contributed by atoms with Crippen LogP contribution in [0.2, 0.25) is 0 Å². The van der Waals surface area contributed by atoms with Gasteiger partial charge in [-0.05, 0) is 56.2 Å². The average Bonchev–Trinajstić information content (AvgIpc) is 3.03. The zero-order chi connectivity index (χ0) is 18.5. The number of esters is 1. The SMILES string of the molecule is COC(=O)c1ccc2c(C3CCCCC3)cn(CCCCC(C)=O)c2c1. The van der Waals surface area contributed by atoms with Crippen molar-refractivity contribution in [1.82, 2.24) is 4.57 Å². The Bertz CT molecular complexity index is 784. The number of nitrogens with zero attached hydrogens (tertiary/aromatic N) is 1. The van der Waals surface area contributed by atoms with Gasteiger partial charge in [-0.1, -0.05) is 25.3 Å². The van der Waals surface area contributed by atoms with Gasteiger partial charge >= 0.3 is 5.97 Å². The number of unbranched alkanes of at least 4 members (excludes halogenated alkanes) is 1. The number of carbonyl (C=O) groups is 2. The molecule has 1 saturated carbocycles. The monoisotopic (exact) mass is 355 g/mol. The molecule has 0 bridgehead atoms. The molecule has 1 aliphatic rings. The maximum atomic E-state index is 11.9. The third-order valence-electron chi connectivity index (χ3n) is 5.56. The Labute approximate surface area is 155 Å². The standard InChI is InChI=1S/C22H29NO3/c1-16(24)8-6-7-13-23-15-20(17-9-4-3-5-10-17)19-12-11-18(14-21(19)23)22(25)26-2/h11-12,14-15,17H,3-10,13H2,1-2H3. The Morgan fingerprint density at radius 3 is 2.62 bits per heavy atom. The van der Waals surface area contributed by atoms with E-state index in [0.29, 0.717) is 17.9 Å². The molecule has 0 saturated heterocycles. The van der Waals surface area contributed by atoms with E-state index in [4.69, 9.17) is 4.74 Å². The number of carbonyl (C=O) groups excluding carboxylic acids is 2. The molecule has 4 heteroatoms. The number of Topliss-reactive ketones (excluding diaryl/α,β-unsaturated/α-hetero) is 1. The molecule has 0 unspecified atom stereocenters. The van der Waals surface area contributed by atoms with E-state index in [-0.39, 0.29) is 11.8 Å². The molecule has 0 aliphatic heterocycles. The van der Waals surface area contributed by atoms with Gasteiger partial charge in [0.15, 0.2) is 0 Å². The average molecular weight is 355 g/mol. The first-order chi connectivity index (χ1) is 12.6. The fourth-order valence-corrected chi connectivity index (χ4v) is 4.15. The Balaban J connectivity index is 1.91. The second-order valence-corrected chi connectivity index (χ2v) is 7.50. The molecule has 26 heavy (non-hydrogen) atoms. The van der Waals surface area contributed by atoms with Gasteiger partial charge in [0.2, 0.25) is 0 Å². The Hall–Kier alpha value is -2.10. The molecule has 0 atom stereocenters. The van der Waals surface area contributed by atoms with Gasteiger partial charge in [-0.25, -0.2) is 4.79 Å². The number of ketones is 1. The van der Waals surface area contributed by atoms with Crippen LogP contribution in [0.3, 0.4) is 0 Å². The number of aromatic nitrogens is 1. The number of fused-ring (bicyclic) bond motifs is 1. The van der Waals surface area contributed by atoms with E-state index >= 15 is 0 Å². The lowest BCUT2D eigenvalue weighted by atomic mass is 9.84.